The zero-order chi connectivity index (χ0) is 22.4. The van der Waals surface area contributed by atoms with Gasteiger partial charge >= 0.3 is 0 Å². The Labute approximate surface area is 217 Å². The van der Waals surface area contributed by atoms with Crippen molar-refractivity contribution in [3.05, 3.63) is 35.9 Å². The molecule has 33 heavy (non-hydrogen) atoms. The molecule has 0 radical (unpaired) electrons. The standard InChI is InChI=1S/C25H43N5O2.HI/c1-3-26-25(28-20-22(2)30-15-18-31-19-16-30)27-12-7-17-32-24-10-13-29(14-11-24)21-23-8-5-4-6-9-23;/h4-6,8-9,22,24H,3,7,10-21H2,1-2H3,(H2,26,27,28);1H. The number of nitrogens with zero attached hydrogens (tertiary/aromatic N) is 3. The van der Waals surface area contributed by atoms with E-state index in [0.717, 1.165) is 97.4 Å². The molecule has 188 valence electrons. The highest BCUT2D eigenvalue weighted by Crippen LogP contribution is 2.16. The van der Waals surface area contributed by atoms with Crippen molar-refractivity contribution >= 4 is 29.9 Å². The number of nitrogens with one attached hydrogen (secondary N) is 2. The van der Waals surface area contributed by atoms with Gasteiger partial charge in [0.25, 0.3) is 0 Å². The van der Waals surface area contributed by atoms with E-state index in [9.17, 15) is 0 Å². The maximum Gasteiger partial charge on any atom is 0.191 e. The van der Waals surface area contributed by atoms with E-state index in [-0.39, 0.29) is 24.0 Å². The number of piperidine rings is 1. The number of halogens is 1. The van der Waals surface area contributed by atoms with Gasteiger partial charge in [0.05, 0.1) is 25.9 Å². The number of likely N-dealkylation sites (tertiary alicyclic amines) is 1. The normalized spacial score (nSPS) is 19.6. The zero-order valence-corrected chi connectivity index (χ0v) is 22.8. The fourth-order valence-corrected chi connectivity index (χ4v) is 4.30. The van der Waals surface area contributed by atoms with Gasteiger partial charge in [0.2, 0.25) is 0 Å². The molecule has 0 spiro atoms. The number of morpholine rings is 1. The van der Waals surface area contributed by atoms with Crippen molar-refractivity contribution in [3.8, 4) is 0 Å². The van der Waals surface area contributed by atoms with Crippen molar-refractivity contribution in [2.45, 2.75) is 51.8 Å². The Morgan fingerprint density at radius 1 is 1.12 bits per heavy atom. The van der Waals surface area contributed by atoms with Crippen LogP contribution < -0.4 is 10.6 Å². The highest BCUT2D eigenvalue weighted by molar-refractivity contribution is 14.0. The predicted molar refractivity (Wildman–Crippen MR) is 147 cm³/mol. The quantitative estimate of drug-likeness (QED) is 0.184. The van der Waals surface area contributed by atoms with E-state index in [1.54, 1.807) is 0 Å². The minimum atomic E-state index is 0. The fraction of sp³-hybridized carbons (Fsp3) is 0.720. The van der Waals surface area contributed by atoms with E-state index < -0.39 is 0 Å². The number of rotatable bonds is 11. The second kappa shape index (κ2) is 16.6. The van der Waals surface area contributed by atoms with Crippen molar-refractivity contribution in [2.75, 3.05) is 65.6 Å². The third-order valence-electron chi connectivity index (χ3n) is 6.28. The van der Waals surface area contributed by atoms with Crippen molar-refractivity contribution in [2.24, 2.45) is 4.99 Å². The number of ether oxygens (including phenoxy) is 2. The Morgan fingerprint density at radius 2 is 1.85 bits per heavy atom. The van der Waals surface area contributed by atoms with Crippen LogP contribution in [0.4, 0.5) is 0 Å². The summed E-state index contributed by atoms with van der Waals surface area (Å²) in [7, 11) is 0. The van der Waals surface area contributed by atoms with Gasteiger partial charge in [-0.25, -0.2) is 0 Å². The molecule has 2 aliphatic heterocycles. The molecule has 0 saturated carbocycles. The lowest BCUT2D eigenvalue weighted by molar-refractivity contribution is 0.00534. The Morgan fingerprint density at radius 3 is 2.55 bits per heavy atom. The van der Waals surface area contributed by atoms with Gasteiger partial charge in [-0.3, -0.25) is 14.8 Å². The van der Waals surface area contributed by atoms with Crippen molar-refractivity contribution in [1.29, 1.82) is 0 Å². The molecule has 8 heteroatoms. The Balaban J connectivity index is 0.00000385. The number of guanidine groups is 1. The van der Waals surface area contributed by atoms with Crippen LogP contribution in [-0.4, -0.2) is 93.5 Å². The number of hydrogen-bond acceptors (Lipinski definition) is 5. The summed E-state index contributed by atoms with van der Waals surface area (Å²) in [4.78, 5) is 9.77. The van der Waals surface area contributed by atoms with Crippen LogP contribution in [0.1, 0.15) is 38.7 Å². The smallest absolute Gasteiger partial charge is 0.191 e. The molecular formula is C25H44IN5O2. The lowest BCUT2D eigenvalue weighted by Gasteiger charge is -2.32. The Kier molecular flexibility index (Phi) is 14.3. The molecule has 2 aliphatic rings. The Hall–Kier alpha value is -0.940. The van der Waals surface area contributed by atoms with Gasteiger partial charge < -0.3 is 20.1 Å². The molecule has 2 fully saturated rings. The molecule has 1 unspecified atom stereocenters. The molecule has 7 nitrogen and oxygen atoms in total. The monoisotopic (exact) mass is 573 g/mol. The minimum absolute atomic E-state index is 0. The average molecular weight is 574 g/mol. The van der Waals surface area contributed by atoms with E-state index in [1.807, 2.05) is 0 Å². The first-order chi connectivity index (χ1) is 15.7. The summed E-state index contributed by atoms with van der Waals surface area (Å²) < 4.78 is 11.6. The van der Waals surface area contributed by atoms with Gasteiger partial charge in [0, 0.05) is 58.5 Å². The van der Waals surface area contributed by atoms with Gasteiger partial charge in [-0.05, 0) is 38.7 Å². The van der Waals surface area contributed by atoms with E-state index in [2.05, 4.69) is 64.6 Å². The molecule has 0 bridgehead atoms. The summed E-state index contributed by atoms with van der Waals surface area (Å²) in [5, 5.41) is 6.81. The Bertz CT molecular complexity index is 649. The first kappa shape index (κ1) is 28.3. The lowest BCUT2D eigenvalue weighted by atomic mass is 10.1. The molecule has 3 rings (SSSR count). The first-order valence-electron chi connectivity index (χ1n) is 12.5. The molecule has 0 amide bonds. The fourth-order valence-electron chi connectivity index (χ4n) is 4.30. The zero-order valence-electron chi connectivity index (χ0n) is 20.5. The minimum Gasteiger partial charge on any atom is -0.379 e. The van der Waals surface area contributed by atoms with Crippen LogP contribution in [-0.2, 0) is 16.0 Å². The summed E-state index contributed by atoms with van der Waals surface area (Å²) in [5.41, 5.74) is 1.40. The molecule has 2 heterocycles. The van der Waals surface area contributed by atoms with Gasteiger partial charge in [-0.1, -0.05) is 30.3 Å². The van der Waals surface area contributed by atoms with Crippen molar-refractivity contribution in [1.82, 2.24) is 20.4 Å². The molecule has 2 saturated heterocycles. The van der Waals surface area contributed by atoms with Crippen LogP contribution in [0.15, 0.2) is 35.3 Å². The summed E-state index contributed by atoms with van der Waals surface area (Å²) in [6, 6.07) is 11.2. The van der Waals surface area contributed by atoms with Gasteiger partial charge in [-0.2, -0.15) is 0 Å². The van der Waals surface area contributed by atoms with Crippen LogP contribution in [0, 0.1) is 0 Å². The maximum absolute atomic E-state index is 6.16. The highest BCUT2D eigenvalue weighted by atomic mass is 127. The van der Waals surface area contributed by atoms with Crippen LogP contribution in [0.25, 0.3) is 0 Å². The number of hydrogen-bond donors (Lipinski definition) is 2. The van der Waals surface area contributed by atoms with Crippen LogP contribution >= 0.6 is 24.0 Å². The van der Waals surface area contributed by atoms with E-state index in [1.165, 1.54) is 5.56 Å². The summed E-state index contributed by atoms with van der Waals surface area (Å²) in [6.45, 7) is 14.7. The molecule has 2 N–H and O–H groups in total. The average Bonchev–Trinajstić information content (AvgIpc) is 2.84. The molecule has 1 atom stereocenters. The summed E-state index contributed by atoms with van der Waals surface area (Å²) >= 11 is 0. The molecular weight excluding hydrogens is 529 g/mol. The predicted octanol–water partition coefficient (Wildman–Crippen LogP) is 2.95. The van der Waals surface area contributed by atoms with Crippen LogP contribution in [0.2, 0.25) is 0 Å². The number of aliphatic imine (C=N–C) groups is 1. The second-order valence-corrected chi connectivity index (χ2v) is 8.83. The van der Waals surface area contributed by atoms with Gasteiger partial charge in [0.1, 0.15) is 0 Å². The van der Waals surface area contributed by atoms with E-state index in [4.69, 9.17) is 14.5 Å². The van der Waals surface area contributed by atoms with Gasteiger partial charge in [0.15, 0.2) is 5.96 Å². The first-order valence-corrected chi connectivity index (χ1v) is 12.5. The molecule has 1 aromatic carbocycles. The SMILES string of the molecule is CCNC(=NCC(C)N1CCOCC1)NCCCOC1CCN(Cc2ccccc2)CC1.I. The lowest BCUT2D eigenvalue weighted by Crippen LogP contribution is -2.44. The van der Waals surface area contributed by atoms with E-state index in [0.29, 0.717) is 12.1 Å². The molecule has 0 aromatic heterocycles. The summed E-state index contributed by atoms with van der Waals surface area (Å²) in [5.74, 6) is 0.904. The summed E-state index contributed by atoms with van der Waals surface area (Å²) in [6.07, 6.45) is 3.65. The maximum atomic E-state index is 6.16. The highest BCUT2D eigenvalue weighted by Gasteiger charge is 2.19. The molecule has 1 aromatic rings. The van der Waals surface area contributed by atoms with Crippen molar-refractivity contribution < 1.29 is 9.47 Å². The third kappa shape index (κ3) is 10.9. The molecule has 0 aliphatic carbocycles. The third-order valence-corrected chi connectivity index (χ3v) is 6.28. The van der Waals surface area contributed by atoms with Crippen molar-refractivity contribution in [3.63, 3.8) is 0 Å². The topological polar surface area (TPSA) is 61.4 Å². The van der Waals surface area contributed by atoms with Crippen LogP contribution in [0.3, 0.4) is 0 Å². The second-order valence-electron chi connectivity index (χ2n) is 8.83. The number of benzene rings is 1. The van der Waals surface area contributed by atoms with Crippen LogP contribution in [0.5, 0.6) is 0 Å². The largest absolute Gasteiger partial charge is 0.379 e. The van der Waals surface area contributed by atoms with E-state index >= 15 is 0 Å². The van der Waals surface area contributed by atoms with Gasteiger partial charge in [-0.15, -0.1) is 24.0 Å².